The first-order chi connectivity index (χ1) is 10.7. The minimum absolute atomic E-state index is 1.03. The molecule has 0 spiro atoms. The summed E-state index contributed by atoms with van der Waals surface area (Å²) in [7, 11) is 0. The monoisotopic (exact) mass is 355 g/mol. The minimum atomic E-state index is 1.03. The van der Waals surface area contributed by atoms with Gasteiger partial charge in [-0.25, -0.2) is 4.98 Å². The Morgan fingerprint density at radius 2 is 2.05 bits per heavy atom. The molecule has 0 atom stereocenters. The Morgan fingerprint density at radius 1 is 1.18 bits per heavy atom. The molecule has 1 N–H and O–H groups in total. The van der Waals surface area contributed by atoms with Crippen LogP contribution in [0, 0.1) is 6.92 Å². The summed E-state index contributed by atoms with van der Waals surface area (Å²) in [6.07, 6.45) is 6.54. The third-order valence-corrected chi connectivity index (χ3v) is 4.35. The van der Waals surface area contributed by atoms with Crippen LogP contribution in [0.5, 0.6) is 0 Å². The highest BCUT2D eigenvalue weighted by Gasteiger charge is 2.05. The average molecular weight is 356 g/mol. The number of anilines is 2. The topological polar surface area (TPSA) is 29.9 Å². The predicted octanol–water partition coefficient (Wildman–Crippen LogP) is 5.25. The van der Waals surface area contributed by atoms with Gasteiger partial charge in [0, 0.05) is 28.2 Å². The zero-order valence-electron chi connectivity index (χ0n) is 12.7. The molecule has 0 amide bonds. The van der Waals surface area contributed by atoms with Crippen LogP contribution in [-0.4, -0.2) is 9.55 Å². The lowest BCUT2D eigenvalue weighted by atomic mass is 10.1. The average Bonchev–Trinajstić information content (AvgIpc) is 3.04. The van der Waals surface area contributed by atoms with Crippen molar-refractivity contribution in [1.82, 2.24) is 9.55 Å². The van der Waals surface area contributed by atoms with Crippen LogP contribution < -0.4 is 5.32 Å². The van der Waals surface area contributed by atoms with Crippen molar-refractivity contribution in [1.29, 1.82) is 0 Å². The first-order valence-electron chi connectivity index (χ1n) is 7.32. The molecule has 3 nitrogen and oxygen atoms in total. The van der Waals surface area contributed by atoms with Gasteiger partial charge in [0.25, 0.3) is 0 Å². The molecule has 0 bridgehead atoms. The maximum atomic E-state index is 4.09. The Bertz CT molecular complexity index is 779. The maximum absolute atomic E-state index is 4.09. The lowest BCUT2D eigenvalue weighted by Crippen LogP contribution is -1.97. The van der Waals surface area contributed by atoms with E-state index >= 15 is 0 Å². The summed E-state index contributed by atoms with van der Waals surface area (Å²) >= 11 is 3.64. The van der Waals surface area contributed by atoms with Gasteiger partial charge < -0.3 is 9.88 Å². The van der Waals surface area contributed by atoms with Gasteiger partial charge in [0.2, 0.25) is 0 Å². The summed E-state index contributed by atoms with van der Waals surface area (Å²) < 4.78 is 3.01. The third-order valence-electron chi connectivity index (χ3n) is 3.72. The molecule has 3 rings (SSSR count). The highest BCUT2D eigenvalue weighted by Crippen LogP contribution is 2.28. The van der Waals surface area contributed by atoms with E-state index in [2.05, 4.69) is 76.5 Å². The number of imidazole rings is 1. The van der Waals surface area contributed by atoms with Crippen molar-refractivity contribution in [3.8, 4) is 5.69 Å². The number of halogens is 1. The molecule has 0 fully saturated rings. The highest BCUT2D eigenvalue weighted by atomic mass is 79.9. The maximum Gasteiger partial charge on any atom is 0.0992 e. The Morgan fingerprint density at radius 3 is 2.73 bits per heavy atom. The highest BCUT2D eigenvalue weighted by molar-refractivity contribution is 9.10. The molecule has 0 aliphatic rings. The van der Waals surface area contributed by atoms with Crippen LogP contribution in [0.15, 0.2) is 59.6 Å². The minimum Gasteiger partial charge on any atom is -0.355 e. The Hall–Kier alpha value is -2.07. The van der Waals surface area contributed by atoms with Gasteiger partial charge in [-0.2, -0.15) is 0 Å². The molecule has 0 unspecified atom stereocenters. The second-order valence-corrected chi connectivity index (χ2v) is 6.12. The second kappa shape index (κ2) is 6.36. The lowest BCUT2D eigenvalue weighted by Gasteiger charge is -2.13. The molecule has 1 heterocycles. The third kappa shape index (κ3) is 3.07. The fourth-order valence-corrected chi connectivity index (χ4v) is 2.96. The van der Waals surface area contributed by atoms with E-state index in [1.165, 1.54) is 11.1 Å². The summed E-state index contributed by atoms with van der Waals surface area (Å²) in [5, 5.41) is 3.51. The van der Waals surface area contributed by atoms with Gasteiger partial charge in [0.15, 0.2) is 0 Å². The number of nitrogens with zero attached hydrogens (tertiary/aromatic N) is 2. The predicted molar refractivity (Wildman–Crippen MR) is 95.1 cm³/mol. The zero-order valence-corrected chi connectivity index (χ0v) is 14.3. The van der Waals surface area contributed by atoms with Gasteiger partial charge in [-0.15, -0.1) is 0 Å². The van der Waals surface area contributed by atoms with E-state index in [0.29, 0.717) is 0 Å². The molecule has 2 aromatic carbocycles. The van der Waals surface area contributed by atoms with E-state index < -0.39 is 0 Å². The van der Waals surface area contributed by atoms with E-state index in [1.54, 1.807) is 12.5 Å². The molecule has 0 aliphatic heterocycles. The Balaban J connectivity index is 1.89. The zero-order chi connectivity index (χ0) is 15.5. The number of rotatable bonds is 4. The second-order valence-electron chi connectivity index (χ2n) is 5.26. The van der Waals surface area contributed by atoms with E-state index in [1.807, 2.05) is 10.8 Å². The van der Waals surface area contributed by atoms with Crippen molar-refractivity contribution in [3.05, 3.63) is 70.7 Å². The summed E-state index contributed by atoms with van der Waals surface area (Å²) in [5.74, 6) is 0. The van der Waals surface area contributed by atoms with E-state index in [-0.39, 0.29) is 0 Å². The van der Waals surface area contributed by atoms with E-state index in [0.717, 1.165) is 28.0 Å². The van der Waals surface area contributed by atoms with Crippen molar-refractivity contribution >= 4 is 27.3 Å². The molecule has 0 saturated heterocycles. The van der Waals surface area contributed by atoms with Crippen LogP contribution in [0.25, 0.3) is 5.69 Å². The molecular weight excluding hydrogens is 338 g/mol. The van der Waals surface area contributed by atoms with Gasteiger partial charge in [-0.3, -0.25) is 0 Å². The van der Waals surface area contributed by atoms with Crippen molar-refractivity contribution in [2.24, 2.45) is 0 Å². The quantitative estimate of drug-likeness (QED) is 0.692. The molecular formula is C18H18BrN3. The van der Waals surface area contributed by atoms with Crippen molar-refractivity contribution in [2.75, 3.05) is 5.32 Å². The fourth-order valence-electron chi connectivity index (χ4n) is 2.37. The van der Waals surface area contributed by atoms with Crippen molar-refractivity contribution in [2.45, 2.75) is 20.3 Å². The van der Waals surface area contributed by atoms with Gasteiger partial charge in [0.1, 0.15) is 0 Å². The summed E-state index contributed by atoms with van der Waals surface area (Å²) in [6.45, 7) is 4.29. The first-order valence-corrected chi connectivity index (χ1v) is 8.11. The molecule has 112 valence electrons. The SMILES string of the molecule is CCc1ccc(C)c(Nc2ccc(-n3ccnc3)c(Br)c2)c1. The van der Waals surface area contributed by atoms with Crippen molar-refractivity contribution in [3.63, 3.8) is 0 Å². The summed E-state index contributed by atoms with van der Waals surface area (Å²) in [4.78, 5) is 4.09. The van der Waals surface area contributed by atoms with Crippen LogP contribution in [0.4, 0.5) is 11.4 Å². The number of hydrogen-bond donors (Lipinski definition) is 1. The molecule has 0 aliphatic carbocycles. The standard InChI is InChI=1S/C18H18BrN3/c1-3-14-5-4-13(2)17(10-14)21-15-6-7-18(16(19)11-15)22-9-8-20-12-22/h4-12,21H,3H2,1-2H3. The van der Waals surface area contributed by atoms with E-state index in [4.69, 9.17) is 0 Å². The number of hydrogen-bond acceptors (Lipinski definition) is 2. The van der Waals surface area contributed by atoms with Gasteiger partial charge in [-0.05, 0) is 64.7 Å². The number of aromatic nitrogens is 2. The van der Waals surface area contributed by atoms with E-state index in [9.17, 15) is 0 Å². The molecule has 0 radical (unpaired) electrons. The van der Waals surface area contributed by atoms with Crippen LogP contribution in [0.1, 0.15) is 18.1 Å². The molecule has 1 aromatic heterocycles. The molecule has 0 saturated carbocycles. The van der Waals surface area contributed by atoms with Crippen LogP contribution in [0.3, 0.4) is 0 Å². The smallest absolute Gasteiger partial charge is 0.0992 e. The first kappa shape index (κ1) is 14.9. The van der Waals surface area contributed by atoms with Crippen molar-refractivity contribution < 1.29 is 0 Å². The summed E-state index contributed by atoms with van der Waals surface area (Å²) in [6, 6.07) is 12.8. The largest absolute Gasteiger partial charge is 0.355 e. The van der Waals surface area contributed by atoms with Crippen LogP contribution >= 0.6 is 15.9 Å². The van der Waals surface area contributed by atoms with Gasteiger partial charge in [-0.1, -0.05) is 19.1 Å². The van der Waals surface area contributed by atoms with Gasteiger partial charge >= 0.3 is 0 Å². The summed E-state index contributed by atoms with van der Waals surface area (Å²) in [5.41, 5.74) is 5.87. The number of aryl methyl sites for hydroxylation is 2. The number of nitrogens with one attached hydrogen (secondary N) is 1. The van der Waals surface area contributed by atoms with Gasteiger partial charge in [0.05, 0.1) is 12.0 Å². The molecule has 3 aromatic rings. The normalized spacial score (nSPS) is 10.7. The molecule has 22 heavy (non-hydrogen) atoms. The Kier molecular flexibility index (Phi) is 4.29. The lowest BCUT2D eigenvalue weighted by molar-refractivity contribution is 1.05. The molecule has 4 heteroatoms. The number of benzene rings is 2. The Labute approximate surface area is 139 Å². The van der Waals surface area contributed by atoms with Crippen LogP contribution in [-0.2, 0) is 6.42 Å². The fraction of sp³-hybridized carbons (Fsp3) is 0.167. The van der Waals surface area contributed by atoms with Crippen LogP contribution in [0.2, 0.25) is 0 Å².